The molecule has 3 heterocycles. The van der Waals surface area contributed by atoms with Crippen LogP contribution in [0.15, 0.2) is 28.9 Å². The highest BCUT2D eigenvalue weighted by molar-refractivity contribution is 5.91. The van der Waals surface area contributed by atoms with Crippen LogP contribution in [0.3, 0.4) is 0 Å². The molecule has 0 bridgehead atoms. The van der Waals surface area contributed by atoms with Gasteiger partial charge in [-0.15, -0.1) is 0 Å². The fourth-order valence-electron chi connectivity index (χ4n) is 2.93. The number of anilines is 2. The molecular formula is C17H23N5O2. The average molecular weight is 329 g/mol. The van der Waals surface area contributed by atoms with Crippen molar-refractivity contribution in [3.05, 3.63) is 35.9 Å². The number of hydrogen-bond donors (Lipinski definition) is 1. The summed E-state index contributed by atoms with van der Waals surface area (Å²) in [6.45, 7) is 7.83. The summed E-state index contributed by atoms with van der Waals surface area (Å²) in [5, 5.41) is 6.56. The maximum atomic E-state index is 12.1. The van der Waals surface area contributed by atoms with Gasteiger partial charge < -0.3 is 14.7 Å². The molecule has 0 atom stereocenters. The summed E-state index contributed by atoms with van der Waals surface area (Å²) in [7, 11) is 0. The third kappa shape index (κ3) is 4.32. The SMILES string of the molecule is Cc1cc(N2CCCN(CC(=O)Nc3cc(C)on3)CC2)ccn1. The molecule has 3 rings (SSSR count). The van der Waals surface area contributed by atoms with Gasteiger partial charge in [0.15, 0.2) is 5.82 Å². The molecule has 0 aromatic carbocycles. The zero-order valence-corrected chi connectivity index (χ0v) is 14.2. The normalized spacial score (nSPS) is 16.0. The Morgan fingerprint density at radius 1 is 1.25 bits per heavy atom. The van der Waals surface area contributed by atoms with Crippen LogP contribution in [0.1, 0.15) is 17.9 Å². The highest BCUT2D eigenvalue weighted by atomic mass is 16.5. The van der Waals surface area contributed by atoms with Crippen molar-refractivity contribution in [2.45, 2.75) is 20.3 Å². The van der Waals surface area contributed by atoms with E-state index in [1.54, 1.807) is 13.0 Å². The molecule has 1 saturated heterocycles. The largest absolute Gasteiger partial charge is 0.370 e. The van der Waals surface area contributed by atoms with E-state index in [4.69, 9.17) is 4.52 Å². The summed E-state index contributed by atoms with van der Waals surface area (Å²) in [5.41, 5.74) is 2.22. The monoisotopic (exact) mass is 329 g/mol. The molecule has 7 nitrogen and oxygen atoms in total. The van der Waals surface area contributed by atoms with Crippen molar-refractivity contribution in [3.63, 3.8) is 0 Å². The summed E-state index contributed by atoms with van der Waals surface area (Å²) in [4.78, 5) is 20.9. The van der Waals surface area contributed by atoms with E-state index in [9.17, 15) is 4.79 Å². The Kier molecular flexibility index (Phi) is 5.10. The molecule has 2 aromatic rings. The average Bonchev–Trinajstić information content (AvgIpc) is 2.81. The molecule has 24 heavy (non-hydrogen) atoms. The number of pyridine rings is 1. The van der Waals surface area contributed by atoms with E-state index in [1.165, 1.54) is 5.69 Å². The Morgan fingerprint density at radius 3 is 2.88 bits per heavy atom. The van der Waals surface area contributed by atoms with Crippen molar-refractivity contribution >= 4 is 17.4 Å². The van der Waals surface area contributed by atoms with Gasteiger partial charge in [-0.25, -0.2) is 0 Å². The quantitative estimate of drug-likeness (QED) is 0.922. The Labute approximate surface area is 141 Å². The van der Waals surface area contributed by atoms with Gasteiger partial charge in [-0.3, -0.25) is 14.7 Å². The second-order valence-electron chi connectivity index (χ2n) is 6.14. The van der Waals surface area contributed by atoms with Gasteiger partial charge >= 0.3 is 0 Å². The van der Waals surface area contributed by atoms with Gasteiger partial charge in [-0.2, -0.15) is 0 Å². The van der Waals surface area contributed by atoms with Crippen molar-refractivity contribution in [2.24, 2.45) is 0 Å². The molecular weight excluding hydrogens is 306 g/mol. The van der Waals surface area contributed by atoms with E-state index in [2.05, 4.69) is 31.3 Å². The number of hydrogen-bond acceptors (Lipinski definition) is 6. The van der Waals surface area contributed by atoms with Crippen molar-refractivity contribution in [1.82, 2.24) is 15.0 Å². The van der Waals surface area contributed by atoms with Crippen molar-refractivity contribution in [3.8, 4) is 0 Å². The van der Waals surface area contributed by atoms with E-state index in [-0.39, 0.29) is 5.91 Å². The third-order valence-corrected chi connectivity index (χ3v) is 4.10. The van der Waals surface area contributed by atoms with Crippen molar-refractivity contribution in [1.29, 1.82) is 0 Å². The van der Waals surface area contributed by atoms with Crippen LogP contribution >= 0.6 is 0 Å². The number of aryl methyl sites for hydroxylation is 2. The molecule has 0 saturated carbocycles. The number of carbonyl (C=O) groups is 1. The summed E-state index contributed by atoms with van der Waals surface area (Å²) < 4.78 is 4.96. The second kappa shape index (κ2) is 7.44. The first kappa shape index (κ1) is 16.4. The van der Waals surface area contributed by atoms with Gasteiger partial charge in [0.2, 0.25) is 5.91 Å². The fraction of sp³-hybridized carbons (Fsp3) is 0.471. The van der Waals surface area contributed by atoms with Gasteiger partial charge in [0.1, 0.15) is 5.76 Å². The van der Waals surface area contributed by atoms with Crippen LogP contribution in [0.2, 0.25) is 0 Å². The van der Waals surface area contributed by atoms with E-state index >= 15 is 0 Å². The van der Waals surface area contributed by atoms with Crippen molar-refractivity contribution in [2.75, 3.05) is 42.9 Å². The Hall–Kier alpha value is -2.41. The molecule has 0 radical (unpaired) electrons. The van der Waals surface area contributed by atoms with Gasteiger partial charge in [0.05, 0.1) is 6.54 Å². The van der Waals surface area contributed by atoms with Gasteiger partial charge in [-0.05, 0) is 32.4 Å². The smallest absolute Gasteiger partial charge is 0.239 e. The molecule has 0 spiro atoms. The van der Waals surface area contributed by atoms with E-state index in [0.717, 1.165) is 38.3 Å². The lowest BCUT2D eigenvalue weighted by Crippen LogP contribution is -2.36. The lowest BCUT2D eigenvalue weighted by Gasteiger charge is -2.23. The highest BCUT2D eigenvalue weighted by Crippen LogP contribution is 2.16. The first-order valence-electron chi connectivity index (χ1n) is 8.23. The van der Waals surface area contributed by atoms with Crippen LogP contribution in [-0.4, -0.2) is 53.7 Å². The molecule has 0 unspecified atom stereocenters. The standard InChI is InChI=1S/C17H23N5O2/c1-13-10-15(4-5-18-13)22-7-3-6-21(8-9-22)12-17(23)19-16-11-14(2)24-20-16/h4-5,10-11H,3,6-9,12H2,1-2H3,(H,19,20,23). The Bertz CT molecular complexity index is 700. The summed E-state index contributed by atoms with van der Waals surface area (Å²) in [6, 6.07) is 5.87. The minimum atomic E-state index is -0.0588. The molecule has 7 heteroatoms. The first-order valence-corrected chi connectivity index (χ1v) is 8.23. The van der Waals surface area contributed by atoms with Gasteiger partial charge in [0.25, 0.3) is 0 Å². The number of nitrogens with one attached hydrogen (secondary N) is 1. The number of rotatable bonds is 4. The van der Waals surface area contributed by atoms with Crippen LogP contribution in [-0.2, 0) is 4.79 Å². The molecule has 1 aliphatic rings. The molecule has 0 aliphatic carbocycles. The van der Waals surface area contributed by atoms with Crippen LogP contribution < -0.4 is 10.2 Å². The van der Waals surface area contributed by atoms with E-state index in [0.29, 0.717) is 18.1 Å². The Morgan fingerprint density at radius 2 is 2.12 bits per heavy atom. The van der Waals surface area contributed by atoms with Crippen molar-refractivity contribution < 1.29 is 9.32 Å². The third-order valence-electron chi connectivity index (χ3n) is 4.10. The van der Waals surface area contributed by atoms with Crippen LogP contribution in [0.25, 0.3) is 0 Å². The lowest BCUT2D eigenvalue weighted by molar-refractivity contribution is -0.117. The van der Waals surface area contributed by atoms with E-state index < -0.39 is 0 Å². The second-order valence-corrected chi connectivity index (χ2v) is 6.14. The summed E-state index contributed by atoms with van der Waals surface area (Å²) >= 11 is 0. The van der Waals surface area contributed by atoms with Gasteiger partial charge in [0, 0.05) is 49.8 Å². The summed E-state index contributed by atoms with van der Waals surface area (Å²) in [5.74, 6) is 1.10. The molecule has 1 N–H and O–H groups in total. The fourth-order valence-corrected chi connectivity index (χ4v) is 2.93. The maximum absolute atomic E-state index is 12.1. The maximum Gasteiger partial charge on any atom is 0.239 e. The van der Waals surface area contributed by atoms with Crippen LogP contribution in [0.4, 0.5) is 11.5 Å². The van der Waals surface area contributed by atoms with Crippen LogP contribution in [0, 0.1) is 13.8 Å². The van der Waals surface area contributed by atoms with E-state index in [1.807, 2.05) is 19.2 Å². The number of aromatic nitrogens is 2. The molecule has 1 fully saturated rings. The first-order chi connectivity index (χ1) is 11.6. The Balaban J connectivity index is 1.52. The highest BCUT2D eigenvalue weighted by Gasteiger charge is 2.18. The lowest BCUT2D eigenvalue weighted by atomic mass is 10.3. The number of carbonyl (C=O) groups excluding carboxylic acids is 1. The van der Waals surface area contributed by atoms with Crippen LogP contribution in [0.5, 0.6) is 0 Å². The molecule has 128 valence electrons. The number of nitrogens with zero attached hydrogens (tertiary/aromatic N) is 4. The predicted octanol–water partition coefficient (Wildman–Crippen LogP) is 1.84. The topological polar surface area (TPSA) is 74.5 Å². The zero-order valence-electron chi connectivity index (χ0n) is 14.2. The van der Waals surface area contributed by atoms with Gasteiger partial charge in [-0.1, -0.05) is 5.16 Å². The zero-order chi connectivity index (χ0) is 16.9. The molecule has 1 amide bonds. The minimum absolute atomic E-state index is 0.0588. The number of amides is 1. The minimum Gasteiger partial charge on any atom is -0.370 e. The molecule has 1 aliphatic heterocycles. The predicted molar refractivity (Wildman–Crippen MR) is 92.1 cm³/mol. The summed E-state index contributed by atoms with van der Waals surface area (Å²) in [6.07, 6.45) is 2.87. The molecule has 2 aromatic heterocycles.